The molecule has 0 amide bonds. The van der Waals surface area contributed by atoms with Crippen molar-refractivity contribution in [2.75, 3.05) is 19.7 Å². The van der Waals surface area contributed by atoms with Crippen LogP contribution >= 0.6 is 0 Å². The molecule has 0 bridgehead atoms. The molecule has 1 unspecified atom stereocenters. The highest BCUT2D eigenvalue weighted by molar-refractivity contribution is 5.38. The Balaban J connectivity index is 1.98. The first kappa shape index (κ1) is 18.5. The topological polar surface area (TPSA) is 32.7 Å². The van der Waals surface area contributed by atoms with Crippen LogP contribution < -0.4 is 4.74 Å². The molecule has 0 radical (unpaired) electrons. The van der Waals surface area contributed by atoms with Gasteiger partial charge in [0.15, 0.2) is 0 Å². The fraction of sp³-hybridized carbons (Fsp3) is 0.429. The summed E-state index contributed by atoms with van der Waals surface area (Å²) in [7, 11) is 0. The number of hydrogen-bond acceptors (Lipinski definition) is 3. The van der Waals surface area contributed by atoms with Crippen molar-refractivity contribution in [2.45, 2.75) is 39.8 Å². The zero-order valence-electron chi connectivity index (χ0n) is 15.0. The zero-order valence-corrected chi connectivity index (χ0v) is 15.0. The maximum Gasteiger partial charge on any atom is 0.125 e. The van der Waals surface area contributed by atoms with Crippen LogP contribution in [0, 0.1) is 6.92 Å². The Labute approximate surface area is 145 Å². The van der Waals surface area contributed by atoms with Crippen LogP contribution in [0.25, 0.3) is 0 Å². The summed E-state index contributed by atoms with van der Waals surface area (Å²) in [5, 5.41) is 10.7. The normalized spacial score (nSPS) is 12.4. The molecule has 2 rings (SSSR count). The van der Waals surface area contributed by atoms with E-state index in [0.717, 1.165) is 36.5 Å². The molecule has 1 N–H and O–H groups in total. The van der Waals surface area contributed by atoms with E-state index in [1.807, 2.05) is 38.1 Å². The van der Waals surface area contributed by atoms with Gasteiger partial charge in [-0.3, -0.25) is 4.90 Å². The molecule has 24 heavy (non-hydrogen) atoms. The molecular weight excluding hydrogens is 298 g/mol. The number of aliphatic hydroxyl groups excluding tert-OH is 1. The monoisotopic (exact) mass is 327 g/mol. The van der Waals surface area contributed by atoms with Crippen LogP contribution in [0.4, 0.5) is 0 Å². The third-order valence-corrected chi connectivity index (χ3v) is 4.24. The van der Waals surface area contributed by atoms with E-state index in [9.17, 15) is 5.11 Å². The van der Waals surface area contributed by atoms with Crippen LogP contribution in [0.15, 0.2) is 48.5 Å². The molecule has 0 spiro atoms. The number of hydrogen-bond donors (Lipinski definition) is 1. The predicted molar refractivity (Wildman–Crippen MR) is 99.3 cm³/mol. The number of aryl methyl sites for hydroxylation is 1. The molecule has 2 aromatic rings. The molecule has 130 valence electrons. The van der Waals surface area contributed by atoms with E-state index < -0.39 is 6.10 Å². The molecule has 0 saturated heterocycles. The first-order chi connectivity index (χ1) is 11.6. The minimum absolute atomic E-state index is 0.503. The highest BCUT2D eigenvalue weighted by Gasteiger charge is 2.15. The van der Waals surface area contributed by atoms with E-state index in [-0.39, 0.29) is 0 Å². The molecular formula is C21H29NO2. The fourth-order valence-electron chi connectivity index (χ4n) is 2.87. The molecule has 0 heterocycles. The molecule has 0 aromatic heterocycles. The van der Waals surface area contributed by atoms with E-state index in [1.54, 1.807) is 0 Å². The van der Waals surface area contributed by atoms with E-state index in [1.165, 1.54) is 5.56 Å². The van der Waals surface area contributed by atoms with Crippen molar-refractivity contribution < 1.29 is 9.84 Å². The summed E-state index contributed by atoms with van der Waals surface area (Å²) in [6.45, 7) is 9.51. The first-order valence-corrected chi connectivity index (χ1v) is 8.81. The molecule has 3 nitrogen and oxygen atoms in total. The Kier molecular flexibility index (Phi) is 7.29. The molecule has 0 fully saturated rings. The molecule has 0 aliphatic carbocycles. The number of benzene rings is 2. The maximum atomic E-state index is 10.7. The number of ether oxygens (including phenoxy) is 1. The van der Waals surface area contributed by atoms with E-state index in [4.69, 9.17) is 4.74 Å². The van der Waals surface area contributed by atoms with Crippen LogP contribution in [0.1, 0.15) is 43.1 Å². The lowest BCUT2D eigenvalue weighted by molar-refractivity contribution is 0.137. The lowest BCUT2D eigenvalue weighted by atomic mass is 10.0. The number of rotatable bonds is 9. The van der Waals surface area contributed by atoms with Crippen molar-refractivity contribution in [3.05, 3.63) is 65.2 Å². The fourth-order valence-corrected chi connectivity index (χ4v) is 2.87. The van der Waals surface area contributed by atoms with Crippen molar-refractivity contribution in [3.8, 4) is 5.75 Å². The van der Waals surface area contributed by atoms with Crippen LogP contribution in [0.2, 0.25) is 0 Å². The zero-order chi connectivity index (χ0) is 17.4. The van der Waals surface area contributed by atoms with Crippen molar-refractivity contribution >= 4 is 0 Å². The summed E-state index contributed by atoms with van der Waals surface area (Å²) in [5.74, 6) is 0.793. The SMILES string of the molecule is CCOc1ccc(C)cc1C(O)CCN(CC)Cc1ccccc1. The largest absolute Gasteiger partial charge is 0.493 e. The summed E-state index contributed by atoms with van der Waals surface area (Å²) in [5.41, 5.74) is 3.34. The molecule has 2 aromatic carbocycles. The average Bonchev–Trinajstić information content (AvgIpc) is 2.61. The second-order valence-corrected chi connectivity index (χ2v) is 6.13. The smallest absolute Gasteiger partial charge is 0.125 e. The highest BCUT2D eigenvalue weighted by atomic mass is 16.5. The van der Waals surface area contributed by atoms with Gasteiger partial charge >= 0.3 is 0 Å². The number of aliphatic hydroxyl groups is 1. The lowest BCUT2D eigenvalue weighted by Crippen LogP contribution is -2.25. The minimum atomic E-state index is -0.503. The van der Waals surface area contributed by atoms with Crippen LogP contribution in [-0.4, -0.2) is 29.7 Å². The first-order valence-electron chi connectivity index (χ1n) is 8.81. The van der Waals surface area contributed by atoms with Gasteiger partial charge in [-0.25, -0.2) is 0 Å². The van der Waals surface area contributed by atoms with Crippen LogP contribution in [-0.2, 0) is 6.54 Å². The van der Waals surface area contributed by atoms with E-state index >= 15 is 0 Å². The summed E-state index contributed by atoms with van der Waals surface area (Å²) in [6.07, 6.45) is 0.195. The van der Waals surface area contributed by atoms with Crippen molar-refractivity contribution in [2.24, 2.45) is 0 Å². The van der Waals surface area contributed by atoms with E-state index in [0.29, 0.717) is 13.0 Å². The molecule has 0 aliphatic rings. The summed E-state index contributed by atoms with van der Waals surface area (Å²) in [4.78, 5) is 2.36. The second-order valence-electron chi connectivity index (χ2n) is 6.13. The van der Waals surface area contributed by atoms with E-state index in [2.05, 4.69) is 36.1 Å². The van der Waals surface area contributed by atoms with Gasteiger partial charge in [0, 0.05) is 18.7 Å². The minimum Gasteiger partial charge on any atom is -0.493 e. The van der Waals surface area contributed by atoms with Crippen molar-refractivity contribution in [1.82, 2.24) is 4.90 Å². The van der Waals surface area contributed by atoms with Gasteiger partial charge in [0.2, 0.25) is 0 Å². The van der Waals surface area contributed by atoms with Gasteiger partial charge in [-0.2, -0.15) is 0 Å². The van der Waals surface area contributed by atoms with Gasteiger partial charge < -0.3 is 9.84 Å². The molecule has 0 aliphatic heterocycles. The standard InChI is InChI=1S/C21H29NO2/c1-4-22(16-18-9-7-6-8-10-18)14-13-20(23)19-15-17(3)11-12-21(19)24-5-2/h6-12,15,20,23H,4-5,13-14,16H2,1-3H3. The Morgan fingerprint density at radius 2 is 1.83 bits per heavy atom. The quantitative estimate of drug-likeness (QED) is 0.743. The Morgan fingerprint density at radius 1 is 1.08 bits per heavy atom. The molecule has 1 atom stereocenters. The summed E-state index contributed by atoms with van der Waals surface area (Å²) in [6, 6.07) is 16.5. The van der Waals surface area contributed by atoms with Crippen molar-refractivity contribution in [3.63, 3.8) is 0 Å². The second kappa shape index (κ2) is 9.45. The average molecular weight is 327 g/mol. The number of nitrogens with zero attached hydrogens (tertiary/aromatic N) is 1. The Bertz CT molecular complexity index is 612. The maximum absolute atomic E-state index is 10.7. The summed E-state index contributed by atoms with van der Waals surface area (Å²) < 4.78 is 5.67. The predicted octanol–water partition coefficient (Wildman–Crippen LogP) is 4.34. The highest BCUT2D eigenvalue weighted by Crippen LogP contribution is 2.28. The third kappa shape index (κ3) is 5.36. The van der Waals surface area contributed by atoms with Gasteiger partial charge in [0.05, 0.1) is 12.7 Å². The van der Waals surface area contributed by atoms with Crippen molar-refractivity contribution in [1.29, 1.82) is 0 Å². The Hall–Kier alpha value is -1.84. The van der Waals surface area contributed by atoms with Gasteiger partial charge in [-0.15, -0.1) is 0 Å². The van der Waals surface area contributed by atoms with Gasteiger partial charge in [-0.1, -0.05) is 48.9 Å². The summed E-state index contributed by atoms with van der Waals surface area (Å²) >= 11 is 0. The van der Waals surface area contributed by atoms with Gasteiger partial charge in [0.1, 0.15) is 5.75 Å². The lowest BCUT2D eigenvalue weighted by Gasteiger charge is -2.23. The van der Waals surface area contributed by atoms with Gasteiger partial charge in [0.25, 0.3) is 0 Å². The third-order valence-electron chi connectivity index (χ3n) is 4.24. The van der Waals surface area contributed by atoms with Crippen LogP contribution in [0.3, 0.4) is 0 Å². The molecule has 0 saturated carbocycles. The molecule has 3 heteroatoms. The van der Waals surface area contributed by atoms with Gasteiger partial charge in [-0.05, 0) is 44.5 Å². The Morgan fingerprint density at radius 3 is 2.50 bits per heavy atom. The van der Waals surface area contributed by atoms with Crippen LogP contribution in [0.5, 0.6) is 5.75 Å².